The molecule has 28 heavy (non-hydrogen) atoms. The molecule has 0 aliphatic carbocycles. The van der Waals surface area contributed by atoms with Crippen molar-refractivity contribution in [3.63, 3.8) is 0 Å². The summed E-state index contributed by atoms with van der Waals surface area (Å²) in [7, 11) is 1.72. The lowest BCUT2D eigenvalue weighted by molar-refractivity contribution is 0.0954. The van der Waals surface area contributed by atoms with Crippen LogP contribution >= 0.6 is 0 Å². The lowest BCUT2D eigenvalue weighted by Crippen LogP contribution is -2.41. The SMILES string of the molecule is CCOc1cc(C)ccc1CNC(=NC)NCCNC(=O)c1cccc(C)c1. The number of aliphatic imine (C=N–C) groups is 1. The van der Waals surface area contributed by atoms with Crippen molar-refractivity contribution in [3.8, 4) is 5.75 Å². The molecular weight excluding hydrogens is 352 g/mol. The number of amides is 1. The van der Waals surface area contributed by atoms with E-state index in [2.05, 4.69) is 33.1 Å². The molecule has 0 fully saturated rings. The van der Waals surface area contributed by atoms with E-state index in [0.717, 1.165) is 16.9 Å². The monoisotopic (exact) mass is 382 g/mol. The molecule has 2 aromatic rings. The molecule has 0 atom stereocenters. The van der Waals surface area contributed by atoms with Crippen LogP contribution in [0.25, 0.3) is 0 Å². The van der Waals surface area contributed by atoms with E-state index in [1.165, 1.54) is 5.56 Å². The number of ether oxygens (including phenoxy) is 1. The maximum absolute atomic E-state index is 12.1. The largest absolute Gasteiger partial charge is 0.494 e. The Balaban J connectivity index is 1.78. The van der Waals surface area contributed by atoms with Crippen LogP contribution in [0.4, 0.5) is 0 Å². The van der Waals surface area contributed by atoms with Gasteiger partial charge in [-0.25, -0.2) is 0 Å². The number of benzene rings is 2. The van der Waals surface area contributed by atoms with Gasteiger partial charge < -0.3 is 20.7 Å². The fourth-order valence-electron chi connectivity index (χ4n) is 2.74. The topological polar surface area (TPSA) is 74.8 Å². The Labute approximate surface area is 167 Å². The van der Waals surface area contributed by atoms with Crippen molar-refractivity contribution in [2.75, 3.05) is 26.7 Å². The van der Waals surface area contributed by atoms with Crippen LogP contribution in [0, 0.1) is 13.8 Å². The van der Waals surface area contributed by atoms with Crippen molar-refractivity contribution in [1.29, 1.82) is 0 Å². The smallest absolute Gasteiger partial charge is 0.251 e. The van der Waals surface area contributed by atoms with Gasteiger partial charge in [0.15, 0.2) is 5.96 Å². The number of nitrogens with zero attached hydrogens (tertiary/aromatic N) is 1. The Morgan fingerprint density at radius 3 is 2.46 bits per heavy atom. The second kappa shape index (κ2) is 11.0. The number of rotatable bonds is 8. The Kier molecular flexibility index (Phi) is 8.34. The lowest BCUT2D eigenvalue weighted by atomic mass is 10.1. The van der Waals surface area contributed by atoms with Crippen molar-refractivity contribution in [3.05, 3.63) is 64.7 Å². The van der Waals surface area contributed by atoms with E-state index in [-0.39, 0.29) is 5.91 Å². The van der Waals surface area contributed by atoms with Gasteiger partial charge in [0.05, 0.1) is 6.61 Å². The quantitative estimate of drug-likeness (QED) is 0.373. The summed E-state index contributed by atoms with van der Waals surface area (Å²) in [4.78, 5) is 16.4. The summed E-state index contributed by atoms with van der Waals surface area (Å²) in [5, 5.41) is 9.39. The lowest BCUT2D eigenvalue weighted by Gasteiger charge is -2.15. The van der Waals surface area contributed by atoms with Crippen LogP contribution in [0.1, 0.15) is 34.0 Å². The van der Waals surface area contributed by atoms with Gasteiger partial charge in [0.25, 0.3) is 5.91 Å². The fraction of sp³-hybridized carbons (Fsp3) is 0.364. The molecule has 0 spiro atoms. The molecule has 0 saturated carbocycles. The zero-order chi connectivity index (χ0) is 20.4. The van der Waals surface area contributed by atoms with E-state index < -0.39 is 0 Å². The second-order valence-electron chi connectivity index (χ2n) is 6.52. The first-order valence-electron chi connectivity index (χ1n) is 9.55. The molecule has 0 heterocycles. The minimum atomic E-state index is -0.0746. The maximum Gasteiger partial charge on any atom is 0.251 e. The normalized spacial score (nSPS) is 11.1. The van der Waals surface area contributed by atoms with Gasteiger partial charge in [0.2, 0.25) is 0 Å². The number of carbonyl (C=O) groups is 1. The number of guanidine groups is 1. The summed E-state index contributed by atoms with van der Waals surface area (Å²) in [6, 6.07) is 13.7. The highest BCUT2D eigenvalue weighted by atomic mass is 16.5. The molecule has 0 aliphatic heterocycles. The Bertz CT molecular complexity index is 818. The zero-order valence-corrected chi connectivity index (χ0v) is 17.1. The molecule has 1 amide bonds. The average Bonchev–Trinajstić information content (AvgIpc) is 2.68. The minimum absolute atomic E-state index is 0.0746. The molecule has 0 aromatic heterocycles. The summed E-state index contributed by atoms with van der Waals surface area (Å²) in [6.07, 6.45) is 0. The van der Waals surface area contributed by atoms with Gasteiger partial charge in [0, 0.05) is 37.8 Å². The first-order chi connectivity index (χ1) is 13.5. The predicted octanol–water partition coefficient (Wildman–Crippen LogP) is 2.80. The van der Waals surface area contributed by atoms with Crippen molar-refractivity contribution < 1.29 is 9.53 Å². The number of nitrogens with one attached hydrogen (secondary N) is 3. The van der Waals surface area contributed by atoms with Gasteiger partial charge >= 0.3 is 0 Å². The average molecular weight is 383 g/mol. The van der Waals surface area contributed by atoms with Gasteiger partial charge in [-0.15, -0.1) is 0 Å². The first kappa shape index (κ1) is 21.3. The van der Waals surface area contributed by atoms with E-state index in [9.17, 15) is 4.79 Å². The molecule has 0 radical (unpaired) electrons. The van der Waals surface area contributed by atoms with E-state index in [1.807, 2.05) is 51.1 Å². The Hall–Kier alpha value is -3.02. The van der Waals surface area contributed by atoms with Crippen LogP contribution in [-0.4, -0.2) is 38.6 Å². The van der Waals surface area contributed by atoms with Crippen LogP contribution in [0.2, 0.25) is 0 Å². The predicted molar refractivity (Wildman–Crippen MR) is 114 cm³/mol. The second-order valence-corrected chi connectivity index (χ2v) is 6.52. The highest BCUT2D eigenvalue weighted by molar-refractivity contribution is 5.94. The molecule has 0 saturated heterocycles. The van der Waals surface area contributed by atoms with Gasteiger partial charge in [0.1, 0.15) is 5.75 Å². The highest BCUT2D eigenvalue weighted by Crippen LogP contribution is 2.20. The summed E-state index contributed by atoms with van der Waals surface area (Å²) in [5.41, 5.74) is 3.98. The Morgan fingerprint density at radius 1 is 1.00 bits per heavy atom. The molecular formula is C22H30N4O2. The molecule has 0 unspecified atom stereocenters. The summed E-state index contributed by atoms with van der Waals surface area (Å²) >= 11 is 0. The van der Waals surface area contributed by atoms with E-state index in [0.29, 0.717) is 37.8 Å². The van der Waals surface area contributed by atoms with Gasteiger partial charge in [-0.2, -0.15) is 0 Å². The van der Waals surface area contributed by atoms with Crippen molar-refractivity contribution in [2.24, 2.45) is 4.99 Å². The molecule has 6 nitrogen and oxygen atoms in total. The Morgan fingerprint density at radius 2 is 1.75 bits per heavy atom. The van der Waals surface area contributed by atoms with Crippen LogP contribution < -0.4 is 20.7 Å². The highest BCUT2D eigenvalue weighted by Gasteiger charge is 2.07. The van der Waals surface area contributed by atoms with Crippen LogP contribution in [0.15, 0.2) is 47.5 Å². The third kappa shape index (κ3) is 6.61. The summed E-state index contributed by atoms with van der Waals surface area (Å²) in [6.45, 7) is 8.30. The van der Waals surface area contributed by atoms with Gasteiger partial charge in [-0.05, 0) is 44.5 Å². The van der Waals surface area contributed by atoms with E-state index in [1.54, 1.807) is 7.05 Å². The molecule has 0 aliphatic rings. The number of aryl methyl sites for hydroxylation is 2. The van der Waals surface area contributed by atoms with Crippen molar-refractivity contribution in [1.82, 2.24) is 16.0 Å². The van der Waals surface area contributed by atoms with Crippen LogP contribution in [0.5, 0.6) is 5.75 Å². The molecule has 150 valence electrons. The molecule has 2 aromatic carbocycles. The molecule has 6 heteroatoms. The van der Waals surface area contributed by atoms with Crippen LogP contribution in [0.3, 0.4) is 0 Å². The minimum Gasteiger partial charge on any atom is -0.494 e. The summed E-state index contributed by atoms with van der Waals surface area (Å²) < 4.78 is 5.71. The zero-order valence-electron chi connectivity index (χ0n) is 17.1. The number of hydrogen-bond acceptors (Lipinski definition) is 3. The third-order valence-electron chi connectivity index (χ3n) is 4.18. The molecule has 3 N–H and O–H groups in total. The van der Waals surface area contributed by atoms with Crippen LogP contribution in [-0.2, 0) is 6.54 Å². The molecule has 0 bridgehead atoms. The van der Waals surface area contributed by atoms with Crippen molar-refractivity contribution >= 4 is 11.9 Å². The standard InChI is InChI=1S/C22H30N4O2/c1-5-28-20-14-17(3)9-10-19(20)15-26-22(23-4)25-12-11-24-21(27)18-8-6-7-16(2)13-18/h6-10,13-14H,5,11-12,15H2,1-4H3,(H,24,27)(H2,23,25,26). The molecule has 2 rings (SSSR count). The van der Waals surface area contributed by atoms with Crippen molar-refractivity contribution in [2.45, 2.75) is 27.3 Å². The van der Waals surface area contributed by atoms with Gasteiger partial charge in [-0.3, -0.25) is 9.79 Å². The number of hydrogen-bond donors (Lipinski definition) is 3. The summed E-state index contributed by atoms with van der Waals surface area (Å²) in [5.74, 6) is 1.48. The number of carbonyl (C=O) groups excluding carboxylic acids is 1. The first-order valence-corrected chi connectivity index (χ1v) is 9.55. The fourth-order valence-corrected chi connectivity index (χ4v) is 2.74. The maximum atomic E-state index is 12.1. The van der Waals surface area contributed by atoms with Gasteiger partial charge in [-0.1, -0.05) is 29.8 Å². The van der Waals surface area contributed by atoms with E-state index >= 15 is 0 Å². The van der Waals surface area contributed by atoms with E-state index in [4.69, 9.17) is 4.74 Å². The third-order valence-corrected chi connectivity index (χ3v) is 4.18.